The highest BCUT2D eigenvalue weighted by atomic mass is 128. The molecule has 2 aromatic rings. The highest BCUT2D eigenvalue weighted by Crippen LogP contribution is 2.21. The van der Waals surface area contributed by atoms with E-state index < -0.39 is 0 Å². The number of hydrogen-bond donors (Lipinski definition) is 0. The number of hydrogen-bond acceptors (Lipinski definition) is 4. The summed E-state index contributed by atoms with van der Waals surface area (Å²) in [5.74, 6) is 0. The molecule has 88 valence electrons. The minimum Gasteiger partial charge on any atom is -0.468 e. The van der Waals surface area contributed by atoms with Gasteiger partial charge in [-0.15, -0.1) is 11.3 Å². The van der Waals surface area contributed by atoms with Gasteiger partial charge in [-0.25, -0.2) is 0 Å². The van der Waals surface area contributed by atoms with Crippen molar-refractivity contribution in [3.63, 3.8) is 0 Å². The van der Waals surface area contributed by atoms with Gasteiger partial charge in [-0.05, 0) is 13.0 Å². The number of thiophene rings is 1. The third kappa shape index (κ3) is 2.67. The monoisotopic (exact) mass is 464 g/mol. The molecule has 2 heterocycles. The Kier molecular flexibility index (Phi) is 5.44. The van der Waals surface area contributed by atoms with Crippen molar-refractivity contribution in [3.8, 4) is 6.01 Å². The van der Waals surface area contributed by atoms with Gasteiger partial charge in [-0.2, -0.15) is 4.98 Å². The summed E-state index contributed by atoms with van der Waals surface area (Å²) in [5, 5.41) is 0.663. The molecule has 0 aromatic carbocycles. The Morgan fingerprint density at radius 1 is 1.50 bits per heavy atom. The summed E-state index contributed by atoms with van der Waals surface area (Å²) in [6.45, 7) is 1.96. The van der Waals surface area contributed by atoms with Crippen molar-refractivity contribution in [2.75, 3.05) is 7.11 Å². The highest BCUT2D eigenvalue weighted by Gasteiger charge is 2.10. The fourth-order valence-corrected chi connectivity index (χ4v) is 2.21. The first-order valence-electron chi connectivity index (χ1n) is 4.29. The smallest absolute Gasteiger partial charge is 0.300 e. The van der Waals surface area contributed by atoms with Crippen LogP contribution in [0.4, 0.5) is 0 Å². The molecule has 0 bridgehead atoms. The lowest BCUT2D eigenvalue weighted by molar-refractivity contribution is 0.359. The molecule has 0 radical (unpaired) electrons. The molecule has 4 nitrogen and oxygen atoms in total. The molecule has 0 aliphatic heterocycles. The Morgan fingerprint density at radius 2 is 2.12 bits per heavy atom. The Labute approximate surface area is 120 Å². The van der Waals surface area contributed by atoms with Crippen LogP contribution in [0.3, 0.4) is 0 Å². The molecule has 0 aliphatic carbocycles. The molecule has 0 amide bonds. The van der Waals surface area contributed by atoms with Gasteiger partial charge in [0.1, 0.15) is 4.83 Å². The van der Waals surface area contributed by atoms with Crippen molar-refractivity contribution in [1.29, 1.82) is 0 Å². The largest absolute Gasteiger partial charge is 0.468 e. The lowest BCUT2D eigenvalue weighted by Gasteiger charge is -2.03. The number of nitrogens with zero attached hydrogens (tertiary/aromatic N) is 2. The van der Waals surface area contributed by atoms with Crippen LogP contribution in [0.5, 0.6) is 6.01 Å². The van der Waals surface area contributed by atoms with Gasteiger partial charge in [0, 0.05) is 49.2 Å². The Hall–Kier alpha value is 0.1000. The third-order valence-corrected chi connectivity index (χ3v) is 2.98. The maximum atomic E-state index is 11.8. The first kappa shape index (κ1) is 14.2. The van der Waals surface area contributed by atoms with Crippen LogP contribution >= 0.6 is 48.6 Å². The topological polar surface area (TPSA) is 44.1 Å². The molecule has 2 aromatic heterocycles. The number of ether oxygens (including phenoxy) is 1. The second-order valence-electron chi connectivity index (χ2n) is 3.04. The van der Waals surface area contributed by atoms with E-state index in [4.69, 9.17) is 4.74 Å². The number of halogens is 2. The average molecular weight is 464 g/mol. The van der Waals surface area contributed by atoms with Gasteiger partial charge in [-0.1, -0.05) is 0 Å². The fraction of sp³-hybridized carbons (Fsp3) is 0.333. The first-order valence-corrected chi connectivity index (χ1v) is 11.4. The van der Waals surface area contributed by atoms with E-state index in [0.717, 1.165) is 9.71 Å². The standard InChI is InChI=1S/C9H10N2O2S.I2/c1-5-4-6-7(14-5)10-9(13-3)11(2)8(6)12;1-2/h4H,1-3H3;. The molecule has 0 aliphatic rings. The van der Waals surface area contributed by atoms with E-state index in [1.165, 1.54) is 23.0 Å². The van der Waals surface area contributed by atoms with Gasteiger partial charge in [0.15, 0.2) is 0 Å². The Morgan fingerprint density at radius 3 is 2.69 bits per heavy atom. The zero-order valence-corrected chi connectivity index (χ0v) is 14.1. The third-order valence-electron chi connectivity index (χ3n) is 2.04. The molecule has 0 unspecified atom stereocenters. The number of fused-ring (bicyclic) bond motifs is 1. The van der Waals surface area contributed by atoms with Crippen molar-refractivity contribution in [1.82, 2.24) is 9.55 Å². The van der Waals surface area contributed by atoms with Crippen molar-refractivity contribution in [2.24, 2.45) is 7.05 Å². The minimum absolute atomic E-state index is 0.0591. The predicted molar refractivity (Wildman–Crippen MR) is 84.2 cm³/mol. The van der Waals surface area contributed by atoms with Crippen molar-refractivity contribution in [3.05, 3.63) is 21.3 Å². The lowest BCUT2D eigenvalue weighted by Crippen LogP contribution is -2.18. The molecule has 0 saturated heterocycles. The molecule has 0 N–H and O–H groups in total. The van der Waals surface area contributed by atoms with E-state index in [0.29, 0.717) is 11.4 Å². The van der Waals surface area contributed by atoms with Crippen LogP contribution in [0.15, 0.2) is 10.9 Å². The molecule has 0 atom stereocenters. The molecule has 16 heavy (non-hydrogen) atoms. The van der Waals surface area contributed by atoms with E-state index in [1.807, 2.05) is 13.0 Å². The Balaban J connectivity index is 0.000000606. The summed E-state index contributed by atoms with van der Waals surface area (Å²) in [4.78, 5) is 17.8. The van der Waals surface area contributed by atoms with Gasteiger partial charge < -0.3 is 4.74 Å². The minimum atomic E-state index is -0.0591. The van der Waals surface area contributed by atoms with E-state index in [-0.39, 0.29) is 5.56 Å². The van der Waals surface area contributed by atoms with Crippen LogP contribution in [0, 0.1) is 6.92 Å². The first-order chi connectivity index (χ1) is 7.63. The quantitative estimate of drug-likeness (QED) is 0.610. The van der Waals surface area contributed by atoms with Crippen LogP contribution in [-0.4, -0.2) is 16.7 Å². The number of rotatable bonds is 1. The Bertz CT molecular complexity index is 550. The zero-order valence-electron chi connectivity index (χ0n) is 8.95. The fourth-order valence-electron chi connectivity index (χ4n) is 1.35. The number of aryl methyl sites for hydroxylation is 1. The molecule has 2 rings (SSSR count). The molecule has 7 heteroatoms. The van der Waals surface area contributed by atoms with Gasteiger partial charge >= 0.3 is 0 Å². The molecule has 0 spiro atoms. The van der Waals surface area contributed by atoms with Gasteiger partial charge in [0.05, 0.1) is 12.5 Å². The summed E-state index contributed by atoms with van der Waals surface area (Å²) >= 11 is 5.74. The van der Waals surface area contributed by atoms with E-state index in [1.54, 1.807) is 7.05 Å². The zero-order chi connectivity index (χ0) is 12.3. The van der Waals surface area contributed by atoms with Crippen molar-refractivity contribution >= 4 is 58.8 Å². The van der Waals surface area contributed by atoms with Crippen molar-refractivity contribution < 1.29 is 4.74 Å². The van der Waals surface area contributed by atoms with Gasteiger partial charge in [-0.3, -0.25) is 9.36 Å². The SMILES string of the molecule is COc1nc2sc(C)cc2c(=O)n1C.II. The maximum absolute atomic E-state index is 11.8. The second-order valence-corrected chi connectivity index (χ2v) is 4.27. The summed E-state index contributed by atoms with van der Waals surface area (Å²) in [5.41, 5.74) is -0.0591. The van der Waals surface area contributed by atoms with Crippen LogP contribution in [0.1, 0.15) is 4.88 Å². The summed E-state index contributed by atoms with van der Waals surface area (Å²) < 4.78 is 6.41. The van der Waals surface area contributed by atoms with Gasteiger partial charge in [0.2, 0.25) is 0 Å². The summed E-state index contributed by atoms with van der Waals surface area (Å²) in [6.07, 6.45) is 0. The summed E-state index contributed by atoms with van der Waals surface area (Å²) in [6, 6.07) is 2.21. The number of methoxy groups -OCH3 is 1. The highest BCUT2D eigenvalue weighted by molar-refractivity contribution is 15.0. The predicted octanol–water partition coefficient (Wildman–Crippen LogP) is 3.08. The van der Waals surface area contributed by atoms with Crippen LogP contribution in [0.2, 0.25) is 0 Å². The summed E-state index contributed by atoms with van der Waals surface area (Å²) in [7, 11) is 3.16. The molecular formula is C9H10I2N2O2S. The second kappa shape index (κ2) is 6.15. The van der Waals surface area contributed by atoms with E-state index >= 15 is 0 Å². The number of aromatic nitrogens is 2. The maximum Gasteiger partial charge on any atom is 0.300 e. The van der Waals surface area contributed by atoms with Crippen LogP contribution in [0.25, 0.3) is 10.2 Å². The van der Waals surface area contributed by atoms with Crippen LogP contribution < -0.4 is 10.3 Å². The lowest BCUT2D eigenvalue weighted by atomic mass is 10.4. The average Bonchev–Trinajstić information content (AvgIpc) is 2.67. The van der Waals surface area contributed by atoms with Crippen LogP contribution in [-0.2, 0) is 7.05 Å². The molecule has 0 saturated carbocycles. The van der Waals surface area contributed by atoms with E-state index in [9.17, 15) is 4.79 Å². The normalized spacial score (nSPS) is 9.81. The van der Waals surface area contributed by atoms with Gasteiger partial charge in [0.25, 0.3) is 11.6 Å². The van der Waals surface area contributed by atoms with E-state index in [2.05, 4.69) is 42.2 Å². The molecule has 0 fully saturated rings. The van der Waals surface area contributed by atoms with Crippen molar-refractivity contribution in [2.45, 2.75) is 6.92 Å². The molecular weight excluding hydrogens is 454 g/mol.